The molecule has 150 valence electrons. The molecule has 1 heterocycles. The van der Waals surface area contributed by atoms with Crippen LogP contribution >= 0.6 is 7.60 Å². The van der Waals surface area contributed by atoms with Crippen molar-refractivity contribution in [3.8, 4) is 11.1 Å². The Balaban J connectivity index is 2.00. The summed E-state index contributed by atoms with van der Waals surface area (Å²) in [6, 6.07) is 21.2. The molecule has 4 rings (SSSR count). The largest absolute Gasteiger partial charge is 0.349 e. The third kappa shape index (κ3) is 4.31. The van der Waals surface area contributed by atoms with Gasteiger partial charge in [-0.15, -0.1) is 0 Å². The minimum Gasteiger partial charge on any atom is -0.326 e. The third-order valence-electron chi connectivity index (χ3n) is 4.65. The Morgan fingerprint density at radius 2 is 1.73 bits per heavy atom. The van der Waals surface area contributed by atoms with E-state index in [1.807, 2.05) is 60.7 Å². The second kappa shape index (κ2) is 7.84. The summed E-state index contributed by atoms with van der Waals surface area (Å²) in [6.45, 7) is 1.45. The second-order valence-electron chi connectivity index (χ2n) is 6.94. The van der Waals surface area contributed by atoms with Gasteiger partial charge in [0.1, 0.15) is 0 Å². The fraction of sp³-hybridized carbons (Fsp3) is 0.0435. The van der Waals surface area contributed by atoms with Crippen molar-refractivity contribution >= 4 is 46.9 Å². The number of benzene rings is 3. The molecule has 0 radical (unpaired) electrons. The van der Waals surface area contributed by atoms with Gasteiger partial charge >= 0.3 is 7.60 Å². The zero-order valence-electron chi connectivity index (χ0n) is 16.1. The van der Waals surface area contributed by atoms with Gasteiger partial charge in [0.2, 0.25) is 5.91 Å². The Hall–Kier alpha value is -3.31. The number of rotatable bonds is 4. The zero-order valence-corrected chi connectivity index (χ0v) is 17.0. The number of pyridine rings is 1. The van der Waals surface area contributed by atoms with E-state index in [-0.39, 0.29) is 5.91 Å². The van der Waals surface area contributed by atoms with Gasteiger partial charge in [-0.05, 0) is 40.6 Å². The van der Waals surface area contributed by atoms with Gasteiger partial charge in [-0.1, -0.05) is 48.5 Å². The zero-order chi connectivity index (χ0) is 21.3. The molecule has 30 heavy (non-hydrogen) atoms. The van der Waals surface area contributed by atoms with Crippen molar-refractivity contribution in [3.05, 3.63) is 78.2 Å². The molecule has 3 N–H and O–H groups in total. The summed E-state index contributed by atoms with van der Waals surface area (Å²) in [4.78, 5) is 34.5. The lowest BCUT2D eigenvalue weighted by molar-refractivity contribution is -0.114. The number of carbonyl (C=O) groups is 1. The van der Waals surface area contributed by atoms with E-state index in [1.54, 1.807) is 6.07 Å². The molecule has 0 aliphatic carbocycles. The van der Waals surface area contributed by atoms with Gasteiger partial charge in [-0.25, -0.2) is 4.98 Å². The summed E-state index contributed by atoms with van der Waals surface area (Å²) in [7, 11) is -4.29. The first-order valence-electron chi connectivity index (χ1n) is 9.25. The minimum absolute atomic E-state index is 0.174. The van der Waals surface area contributed by atoms with Gasteiger partial charge in [-0.3, -0.25) is 9.36 Å². The number of nitrogens with one attached hydrogen (secondary N) is 1. The minimum atomic E-state index is -4.29. The quantitative estimate of drug-likeness (QED) is 0.398. The molecule has 0 fully saturated rings. The Labute approximate surface area is 173 Å². The van der Waals surface area contributed by atoms with Crippen LogP contribution in [-0.2, 0) is 9.36 Å². The molecule has 0 bridgehead atoms. The van der Waals surface area contributed by atoms with E-state index in [1.165, 1.54) is 13.0 Å². The summed E-state index contributed by atoms with van der Waals surface area (Å²) < 4.78 is 11.2. The van der Waals surface area contributed by atoms with Crippen LogP contribution in [0.15, 0.2) is 72.5 Å². The molecule has 0 saturated carbocycles. The molecule has 0 spiro atoms. The van der Waals surface area contributed by atoms with Gasteiger partial charge in [0, 0.05) is 29.4 Å². The molecule has 1 aromatic heterocycles. The topological polar surface area (TPSA) is 99.5 Å². The molecule has 6 nitrogen and oxygen atoms in total. The third-order valence-corrected chi connectivity index (χ3v) is 5.19. The Morgan fingerprint density at radius 3 is 2.50 bits per heavy atom. The first-order valence-corrected chi connectivity index (χ1v) is 10.9. The molecular formula is C23H19N2O4P. The van der Waals surface area contributed by atoms with Crippen molar-refractivity contribution in [2.75, 3.05) is 5.32 Å². The number of amides is 1. The first-order chi connectivity index (χ1) is 14.3. The van der Waals surface area contributed by atoms with Gasteiger partial charge in [0.25, 0.3) is 0 Å². The van der Waals surface area contributed by atoms with E-state index in [0.717, 1.165) is 33.1 Å². The highest BCUT2D eigenvalue weighted by Crippen LogP contribution is 2.38. The van der Waals surface area contributed by atoms with Crippen LogP contribution in [0.25, 0.3) is 38.9 Å². The van der Waals surface area contributed by atoms with Gasteiger partial charge in [-0.2, -0.15) is 0 Å². The molecule has 0 unspecified atom stereocenters. The monoisotopic (exact) mass is 418 g/mol. The summed E-state index contributed by atoms with van der Waals surface area (Å²) >= 11 is 0. The fourth-order valence-corrected chi connectivity index (χ4v) is 3.80. The highest BCUT2D eigenvalue weighted by Gasteiger charge is 2.13. The summed E-state index contributed by atoms with van der Waals surface area (Å²) in [5.41, 5.74) is 3.53. The molecule has 3 aromatic carbocycles. The number of carbonyl (C=O) groups excluding carboxylic acids is 1. The van der Waals surface area contributed by atoms with Crippen molar-refractivity contribution in [3.63, 3.8) is 0 Å². The maximum absolute atomic E-state index is 11.6. The average molecular weight is 418 g/mol. The Kier molecular flexibility index (Phi) is 5.22. The van der Waals surface area contributed by atoms with Crippen LogP contribution < -0.4 is 5.32 Å². The number of anilines is 1. The predicted molar refractivity (Wildman–Crippen MR) is 120 cm³/mol. The van der Waals surface area contributed by atoms with E-state index in [2.05, 4.69) is 10.3 Å². The van der Waals surface area contributed by atoms with Crippen LogP contribution in [-0.4, -0.2) is 20.7 Å². The van der Waals surface area contributed by atoms with E-state index >= 15 is 0 Å². The molecule has 0 aliphatic heterocycles. The van der Waals surface area contributed by atoms with Crippen molar-refractivity contribution < 1.29 is 19.1 Å². The fourth-order valence-electron chi connectivity index (χ4n) is 3.46. The van der Waals surface area contributed by atoms with Crippen LogP contribution in [0.4, 0.5) is 5.69 Å². The van der Waals surface area contributed by atoms with Gasteiger partial charge in [0.05, 0.1) is 11.2 Å². The molecular weight excluding hydrogens is 399 g/mol. The van der Waals surface area contributed by atoms with E-state index in [0.29, 0.717) is 16.9 Å². The maximum atomic E-state index is 11.6. The molecule has 0 saturated heterocycles. The molecule has 7 heteroatoms. The second-order valence-corrected chi connectivity index (χ2v) is 8.42. The van der Waals surface area contributed by atoms with Crippen molar-refractivity contribution in [1.29, 1.82) is 0 Å². The van der Waals surface area contributed by atoms with Crippen molar-refractivity contribution in [2.24, 2.45) is 0 Å². The van der Waals surface area contributed by atoms with Crippen LogP contribution in [0.1, 0.15) is 12.6 Å². The van der Waals surface area contributed by atoms with E-state index in [4.69, 9.17) is 9.79 Å². The summed E-state index contributed by atoms with van der Waals surface area (Å²) in [5, 5.41) is 5.75. The SMILES string of the molecule is CC(=O)Nc1cc(-c2cccc3ccccc23)c2nc(/C=C/P(=O)(O)O)ccc2c1. The maximum Gasteiger partial charge on any atom is 0.349 e. The normalized spacial score (nSPS) is 12.0. The Morgan fingerprint density at radius 1 is 0.967 bits per heavy atom. The summed E-state index contributed by atoms with van der Waals surface area (Å²) in [6.07, 6.45) is 1.31. The lowest BCUT2D eigenvalue weighted by atomic mass is 9.95. The Bertz CT molecular complexity index is 1350. The van der Waals surface area contributed by atoms with E-state index in [9.17, 15) is 9.36 Å². The standard InChI is InChI=1S/C23H19N2O4P/c1-15(26)24-19-13-17-9-10-18(11-12-30(27,28)29)25-23(17)22(14-19)21-8-4-6-16-5-2-3-7-20(16)21/h2-14H,1H3,(H,24,26)(H2,27,28,29)/b12-11+. The first kappa shape index (κ1) is 20.0. The number of hydrogen-bond donors (Lipinski definition) is 3. The predicted octanol–water partition coefficient (Wildman–Crippen LogP) is 5.16. The number of fused-ring (bicyclic) bond motifs is 2. The molecule has 0 aliphatic rings. The van der Waals surface area contributed by atoms with Crippen LogP contribution in [0.3, 0.4) is 0 Å². The molecule has 4 aromatic rings. The van der Waals surface area contributed by atoms with Crippen molar-refractivity contribution in [1.82, 2.24) is 4.98 Å². The van der Waals surface area contributed by atoms with Crippen LogP contribution in [0.2, 0.25) is 0 Å². The van der Waals surface area contributed by atoms with Crippen LogP contribution in [0, 0.1) is 0 Å². The van der Waals surface area contributed by atoms with Gasteiger partial charge < -0.3 is 15.1 Å². The molecule has 1 amide bonds. The number of nitrogens with zero attached hydrogens (tertiary/aromatic N) is 1. The van der Waals surface area contributed by atoms with Crippen molar-refractivity contribution in [2.45, 2.75) is 6.92 Å². The highest BCUT2D eigenvalue weighted by molar-refractivity contribution is 7.55. The van der Waals surface area contributed by atoms with Gasteiger partial charge in [0.15, 0.2) is 0 Å². The highest BCUT2D eigenvalue weighted by atomic mass is 31.2. The van der Waals surface area contributed by atoms with Crippen LogP contribution in [0.5, 0.6) is 0 Å². The smallest absolute Gasteiger partial charge is 0.326 e. The lowest BCUT2D eigenvalue weighted by Gasteiger charge is -2.13. The summed E-state index contributed by atoms with van der Waals surface area (Å²) in [5.74, 6) is 0.664. The lowest BCUT2D eigenvalue weighted by Crippen LogP contribution is -2.06. The molecule has 0 atom stereocenters. The number of aromatic nitrogens is 1. The number of hydrogen-bond acceptors (Lipinski definition) is 3. The average Bonchev–Trinajstić information content (AvgIpc) is 2.70. The van der Waals surface area contributed by atoms with E-state index < -0.39 is 7.60 Å².